The third-order valence-corrected chi connectivity index (χ3v) is 4.51. The highest BCUT2D eigenvalue weighted by atomic mass is 16.7. The molecular weight excluding hydrogens is 326 g/mol. The van der Waals surface area contributed by atoms with E-state index in [2.05, 4.69) is 15.5 Å². The van der Waals surface area contributed by atoms with Crippen molar-refractivity contribution in [2.75, 3.05) is 13.1 Å². The van der Waals surface area contributed by atoms with Crippen LogP contribution in [0.15, 0.2) is 36.5 Å². The summed E-state index contributed by atoms with van der Waals surface area (Å²) in [4.78, 5) is 31.0. The molecule has 1 unspecified atom stereocenters. The molecule has 0 aliphatic carbocycles. The van der Waals surface area contributed by atoms with E-state index in [0.29, 0.717) is 6.54 Å². The molecule has 1 saturated heterocycles. The first kappa shape index (κ1) is 15.5. The van der Waals surface area contributed by atoms with Crippen molar-refractivity contribution in [1.82, 2.24) is 25.5 Å². The first-order valence-corrected chi connectivity index (χ1v) is 7.92. The number of nitrogens with zero attached hydrogens (tertiary/aromatic N) is 3. The third-order valence-electron chi connectivity index (χ3n) is 4.51. The number of carbonyl (C=O) groups is 2. The zero-order valence-electron chi connectivity index (χ0n) is 13.3. The highest BCUT2D eigenvalue weighted by molar-refractivity contribution is 5.78. The van der Waals surface area contributed by atoms with Gasteiger partial charge in [-0.2, -0.15) is 10.2 Å². The van der Waals surface area contributed by atoms with Crippen molar-refractivity contribution < 1.29 is 19.5 Å². The minimum Gasteiger partial charge on any atom is -0.465 e. The van der Waals surface area contributed by atoms with Gasteiger partial charge in [-0.05, 0) is 5.56 Å². The van der Waals surface area contributed by atoms with E-state index in [0.717, 1.165) is 16.8 Å². The van der Waals surface area contributed by atoms with Crippen LogP contribution in [-0.4, -0.2) is 50.5 Å². The number of rotatable bonds is 5. The Labute approximate surface area is 143 Å². The molecule has 2 aliphatic rings. The van der Waals surface area contributed by atoms with Crippen LogP contribution in [0, 0.1) is 0 Å². The van der Waals surface area contributed by atoms with Crippen molar-refractivity contribution in [3.8, 4) is 0 Å². The minimum atomic E-state index is -1.13. The average Bonchev–Trinajstić information content (AvgIpc) is 3.19. The van der Waals surface area contributed by atoms with Crippen LogP contribution in [-0.2, 0) is 11.4 Å². The van der Waals surface area contributed by atoms with Gasteiger partial charge in [0.1, 0.15) is 12.6 Å². The molecule has 1 aromatic carbocycles. The molecule has 25 heavy (non-hydrogen) atoms. The predicted molar refractivity (Wildman–Crippen MR) is 85.3 cm³/mol. The fourth-order valence-corrected chi connectivity index (χ4v) is 3.34. The molecular formula is C16H17N5O4. The molecule has 0 radical (unpaired) electrons. The number of hydrogen-bond donors (Lipinski definition) is 3. The van der Waals surface area contributed by atoms with Gasteiger partial charge in [-0.1, -0.05) is 30.3 Å². The predicted octanol–water partition coefficient (Wildman–Crippen LogP) is 1.64. The van der Waals surface area contributed by atoms with Gasteiger partial charge in [0.15, 0.2) is 0 Å². The van der Waals surface area contributed by atoms with Crippen LogP contribution >= 0.6 is 0 Å². The number of carbonyl (C=O) groups excluding carboxylic acids is 1. The minimum absolute atomic E-state index is 0.0928. The Morgan fingerprint density at radius 2 is 2.20 bits per heavy atom. The van der Waals surface area contributed by atoms with Gasteiger partial charge in [-0.3, -0.25) is 9.94 Å². The van der Waals surface area contributed by atoms with Crippen LogP contribution < -0.4 is 5.32 Å². The van der Waals surface area contributed by atoms with Crippen LogP contribution in [0.4, 0.5) is 9.59 Å². The van der Waals surface area contributed by atoms with Crippen LogP contribution in [0.5, 0.6) is 0 Å². The summed E-state index contributed by atoms with van der Waals surface area (Å²) in [6.07, 6.45) is 0.537. The molecule has 2 atom stereocenters. The van der Waals surface area contributed by atoms with E-state index in [1.807, 2.05) is 30.3 Å². The average molecular weight is 343 g/mol. The summed E-state index contributed by atoms with van der Waals surface area (Å²) in [6.45, 7) is 0.809. The highest BCUT2D eigenvalue weighted by Gasteiger charge is 2.49. The number of fused-ring (bicyclic) bond motifs is 4. The number of aromatic nitrogens is 2. The van der Waals surface area contributed by atoms with Crippen LogP contribution in [0.1, 0.15) is 28.9 Å². The normalized spacial score (nSPS) is 21.4. The zero-order chi connectivity index (χ0) is 17.4. The topological polar surface area (TPSA) is 111 Å². The monoisotopic (exact) mass is 343 g/mol. The smallest absolute Gasteiger partial charge is 0.404 e. The SMILES string of the molecule is O=C(O)NCC1c2[nH]ncc2[C@H]2CN1C(=O)N2OCc1ccccc1. The quantitative estimate of drug-likeness (QED) is 0.764. The molecule has 4 rings (SSSR count). The molecule has 130 valence electrons. The number of H-pyrrole nitrogens is 1. The first-order valence-electron chi connectivity index (χ1n) is 7.92. The molecule has 2 aromatic rings. The lowest BCUT2D eigenvalue weighted by Crippen LogP contribution is -2.41. The van der Waals surface area contributed by atoms with E-state index in [9.17, 15) is 9.59 Å². The second kappa shape index (κ2) is 6.10. The Morgan fingerprint density at radius 1 is 1.40 bits per heavy atom. The Bertz CT molecular complexity index is 793. The fraction of sp³-hybridized carbons (Fsp3) is 0.312. The van der Waals surface area contributed by atoms with Crippen molar-refractivity contribution in [3.05, 3.63) is 53.3 Å². The molecule has 1 aromatic heterocycles. The molecule has 9 heteroatoms. The number of carboxylic acid groups (broad SMARTS) is 1. The second-order valence-corrected chi connectivity index (χ2v) is 5.98. The summed E-state index contributed by atoms with van der Waals surface area (Å²) in [5.41, 5.74) is 2.56. The molecule has 3 amide bonds. The van der Waals surface area contributed by atoms with Crippen molar-refractivity contribution in [3.63, 3.8) is 0 Å². The molecule has 0 saturated carbocycles. The Hall–Kier alpha value is -3.07. The van der Waals surface area contributed by atoms with Gasteiger partial charge >= 0.3 is 12.1 Å². The maximum absolute atomic E-state index is 12.7. The van der Waals surface area contributed by atoms with E-state index < -0.39 is 12.1 Å². The van der Waals surface area contributed by atoms with Crippen molar-refractivity contribution in [2.24, 2.45) is 0 Å². The highest BCUT2D eigenvalue weighted by Crippen LogP contribution is 2.42. The molecule has 2 bridgehead atoms. The summed E-state index contributed by atoms with van der Waals surface area (Å²) in [7, 11) is 0. The lowest BCUT2D eigenvalue weighted by molar-refractivity contribution is -0.141. The third kappa shape index (κ3) is 2.68. The fourth-order valence-electron chi connectivity index (χ4n) is 3.34. The van der Waals surface area contributed by atoms with E-state index >= 15 is 0 Å². The largest absolute Gasteiger partial charge is 0.465 e. The van der Waals surface area contributed by atoms with Gasteiger partial charge in [0.25, 0.3) is 0 Å². The maximum Gasteiger partial charge on any atom is 0.404 e. The Balaban J connectivity index is 1.55. The number of urea groups is 1. The number of benzene rings is 1. The van der Waals surface area contributed by atoms with E-state index in [-0.39, 0.29) is 25.2 Å². The molecule has 0 spiro atoms. The summed E-state index contributed by atoms with van der Waals surface area (Å²) >= 11 is 0. The molecule has 9 nitrogen and oxygen atoms in total. The number of hydroxylamine groups is 2. The number of amides is 3. The lowest BCUT2D eigenvalue weighted by atomic mass is 9.98. The van der Waals surface area contributed by atoms with Crippen LogP contribution in [0.25, 0.3) is 0 Å². The number of hydrogen-bond acceptors (Lipinski definition) is 4. The summed E-state index contributed by atoms with van der Waals surface area (Å²) in [5.74, 6) is 0. The second-order valence-electron chi connectivity index (χ2n) is 5.98. The van der Waals surface area contributed by atoms with Crippen LogP contribution in [0.2, 0.25) is 0 Å². The van der Waals surface area contributed by atoms with Crippen molar-refractivity contribution >= 4 is 12.1 Å². The summed E-state index contributed by atoms with van der Waals surface area (Å²) < 4.78 is 0. The maximum atomic E-state index is 12.7. The first-order chi connectivity index (χ1) is 12.1. The summed E-state index contributed by atoms with van der Waals surface area (Å²) in [6, 6.07) is 8.63. The lowest BCUT2D eigenvalue weighted by Gasteiger charge is -2.29. The molecule has 3 heterocycles. The molecule has 3 N–H and O–H groups in total. The van der Waals surface area contributed by atoms with Gasteiger partial charge in [0.2, 0.25) is 0 Å². The summed E-state index contributed by atoms with van der Waals surface area (Å²) in [5, 5.41) is 19.5. The van der Waals surface area contributed by atoms with Gasteiger partial charge < -0.3 is 15.3 Å². The Kier molecular flexibility index (Phi) is 3.77. The van der Waals surface area contributed by atoms with Gasteiger partial charge in [0.05, 0.1) is 24.5 Å². The molecule has 2 aliphatic heterocycles. The number of nitrogens with one attached hydrogen (secondary N) is 2. The van der Waals surface area contributed by atoms with Crippen molar-refractivity contribution in [2.45, 2.75) is 18.7 Å². The standard InChI is InChI=1S/C16H17N5O4/c22-15(23)17-7-12-14-11(6-18-19-14)13-8-20(12)16(24)21(13)25-9-10-4-2-1-3-5-10/h1-6,12-13,17H,7-9H2,(H,18,19)(H,22,23)/t12?,13-/m1/s1. The molecule has 1 fully saturated rings. The van der Waals surface area contributed by atoms with Gasteiger partial charge in [0, 0.05) is 12.1 Å². The van der Waals surface area contributed by atoms with E-state index in [4.69, 9.17) is 9.94 Å². The van der Waals surface area contributed by atoms with Gasteiger partial charge in [-0.15, -0.1) is 0 Å². The van der Waals surface area contributed by atoms with Gasteiger partial charge in [-0.25, -0.2) is 9.59 Å². The van der Waals surface area contributed by atoms with Crippen molar-refractivity contribution in [1.29, 1.82) is 0 Å². The Morgan fingerprint density at radius 3 is 2.96 bits per heavy atom. The van der Waals surface area contributed by atoms with E-state index in [1.54, 1.807) is 11.1 Å². The van der Waals surface area contributed by atoms with E-state index in [1.165, 1.54) is 5.06 Å². The zero-order valence-corrected chi connectivity index (χ0v) is 13.3. The number of aromatic amines is 1. The van der Waals surface area contributed by atoms with Crippen LogP contribution in [0.3, 0.4) is 0 Å².